The maximum Gasteiger partial charge on any atom is 0.256 e. The summed E-state index contributed by atoms with van der Waals surface area (Å²) in [5.74, 6) is 1.46. The molecule has 0 fully saturated rings. The highest BCUT2D eigenvalue weighted by atomic mass is 16.1. The number of hydrogen-bond acceptors (Lipinski definition) is 2. The van der Waals surface area contributed by atoms with Crippen LogP contribution in [-0.2, 0) is 6.54 Å². The number of hydrogen-bond donors (Lipinski definition) is 2. The minimum absolute atomic E-state index is 0.118. The van der Waals surface area contributed by atoms with Gasteiger partial charge in [-0.2, -0.15) is 0 Å². The van der Waals surface area contributed by atoms with Gasteiger partial charge in [0.05, 0.1) is 16.6 Å². The van der Waals surface area contributed by atoms with E-state index in [1.165, 1.54) is 0 Å². The summed E-state index contributed by atoms with van der Waals surface area (Å²) in [6.07, 6.45) is 0.975. The molecule has 142 valence electrons. The summed E-state index contributed by atoms with van der Waals surface area (Å²) in [5.41, 5.74) is 5.75. The third-order valence-corrected chi connectivity index (χ3v) is 5.17. The predicted octanol–water partition coefficient (Wildman–Crippen LogP) is 5.31. The minimum Gasteiger partial charge on any atom is -0.338 e. The van der Waals surface area contributed by atoms with E-state index >= 15 is 0 Å². The molecule has 0 aliphatic rings. The molecular weight excluding hydrogens is 348 g/mol. The Bertz CT molecular complexity index is 1110. The van der Waals surface area contributed by atoms with E-state index in [1.54, 1.807) is 0 Å². The van der Waals surface area contributed by atoms with Gasteiger partial charge < -0.3 is 14.9 Å². The number of anilines is 1. The molecule has 2 aromatic heterocycles. The summed E-state index contributed by atoms with van der Waals surface area (Å²) in [7, 11) is 0. The average Bonchev–Trinajstić information content (AvgIpc) is 3.23. The van der Waals surface area contributed by atoms with Crippen molar-refractivity contribution in [2.75, 3.05) is 5.32 Å². The zero-order valence-electron chi connectivity index (χ0n) is 16.4. The van der Waals surface area contributed by atoms with Crippen molar-refractivity contribution in [3.8, 4) is 11.4 Å². The fourth-order valence-corrected chi connectivity index (χ4v) is 3.63. The second-order valence-corrected chi connectivity index (χ2v) is 7.01. The highest BCUT2D eigenvalue weighted by molar-refractivity contribution is 6.06. The van der Waals surface area contributed by atoms with Crippen LogP contribution in [0.25, 0.3) is 22.4 Å². The molecule has 4 rings (SSSR count). The molecule has 0 radical (unpaired) electrons. The monoisotopic (exact) mass is 372 g/mol. The second kappa shape index (κ2) is 7.35. The number of nitrogens with zero attached hydrogens (tertiary/aromatic N) is 2. The number of benzene rings is 2. The van der Waals surface area contributed by atoms with Crippen molar-refractivity contribution < 1.29 is 4.79 Å². The molecular formula is C23H24N4O. The predicted molar refractivity (Wildman–Crippen MR) is 114 cm³/mol. The Kier molecular flexibility index (Phi) is 4.74. The Morgan fingerprint density at radius 1 is 1.07 bits per heavy atom. The Labute approximate surface area is 164 Å². The molecule has 4 aromatic rings. The van der Waals surface area contributed by atoms with Crippen LogP contribution in [0.2, 0.25) is 0 Å². The zero-order valence-corrected chi connectivity index (χ0v) is 16.4. The molecule has 0 saturated carbocycles. The first-order valence-electron chi connectivity index (χ1n) is 9.61. The molecule has 5 heteroatoms. The minimum atomic E-state index is -0.118. The van der Waals surface area contributed by atoms with Crippen LogP contribution in [0.4, 0.5) is 5.82 Å². The van der Waals surface area contributed by atoms with Crippen LogP contribution in [0, 0.1) is 13.8 Å². The number of amides is 1. The lowest BCUT2D eigenvalue weighted by Crippen LogP contribution is -2.16. The molecule has 0 saturated heterocycles. The fraction of sp³-hybridized carbons (Fsp3) is 0.217. The van der Waals surface area contributed by atoms with E-state index in [0.717, 1.165) is 52.5 Å². The Hall–Kier alpha value is -3.34. The van der Waals surface area contributed by atoms with Crippen molar-refractivity contribution in [2.45, 2.75) is 33.7 Å². The van der Waals surface area contributed by atoms with Crippen molar-refractivity contribution in [2.24, 2.45) is 0 Å². The van der Waals surface area contributed by atoms with Gasteiger partial charge in [0.1, 0.15) is 11.6 Å². The number of carbonyl (C=O) groups is 1. The number of aromatic amines is 1. The van der Waals surface area contributed by atoms with E-state index in [2.05, 4.69) is 35.6 Å². The molecule has 2 heterocycles. The van der Waals surface area contributed by atoms with Crippen molar-refractivity contribution in [1.82, 2.24) is 14.5 Å². The van der Waals surface area contributed by atoms with Gasteiger partial charge in [-0.25, -0.2) is 4.98 Å². The SMILES string of the molecule is CCCn1c(C)c(C)c(-c2nc3ccccc3[nH]2)c1NC(=O)c1ccccc1. The first-order chi connectivity index (χ1) is 13.6. The number of rotatable bonds is 5. The van der Waals surface area contributed by atoms with Gasteiger partial charge >= 0.3 is 0 Å². The number of para-hydroxylation sites is 2. The zero-order chi connectivity index (χ0) is 19.7. The summed E-state index contributed by atoms with van der Waals surface area (Å²) in [5, 5.41) is 3.15. The average molecular weight is 372 g/mol. The number of imidazole rings is 1. The summed E-state index contributed by atoms with van der Waals surface area (Å²) in [4.78, 5) is 21.1. The number of aromatic nitrogens is 3. The molecule has 2 N–H and O–H groups in total. The quantitative estimate of drug-likeness (QED) is 0.499. The maximum absolute atomic E-state index is 12.9. The Morgan fingerprint density at radius 3 is 2.50 bits per heavy atom. The van der Waals surface area contributed by atoms with Gasteiger partial charge in [-0.05, 0) is 50.1 Å². The molecule has 0 bridgehead atoms. The van der Waals surface area contributed by atoms with Gasteiger partial charge in [0.15, 0.2) is 0 Å². The number of nitrogens with one attached hydrogen (secondary N) is 2. The lowest BCUT2D eigenvalue weighted by Gasteiger charge is -2.13. The molecule has 1 amide bonds. The van der Waals surface area contributed by atoms with Gasteiger partial charge in [-0.1, -0.05) is 37.3 Å². The standard InChI is InChI=1S/C23H24N4O/c1-4-14-27-16(3)15(2)20(21-24-18-12-8-9-13-19(18)25-21)22(27)26-23(28)17-10-6-5-7-11-17/h5-13H,4,14H2,1-3H3,(H,24,25)(H,26,28). The first-order valence-corrected chi connectivity index (χ1v) is 9.61. The van der Waals surface area contributed by atoms with Crippen LogP contribution >= 0.6 is 0 Å². The van der Waals surface area contributed by atoms with E-state index in [-0.39, 0.29) is 5.91 Å². The van der Waals surface area contributed by atoms with Crippen molar-refractivity contribution in [1.29, 1.82) is 0 Å². The van der Waals surface area contributed by atoms with E-state index in [0.29, 0.717) is 5.56 Å². The molecule has 5 nitrogen and oxygen atoms in total. The van der Waals surface area contributed by atoms with Crippen molar-refractivity contribution in [3.05, 3.63) is 71.4 Å². The van der Waals surface area contributed by atoms with Crippen molar-refractivity contribution in [3.63, 3.8) is 0 Å². The van der Waals surface area contributed by atoms with Crippen LogP contribution in [0.5, 0.6) is 0 Å². The molecule has 0 atom stereocenters. The summed E-state index contributed by atoms with van der Waals surface area (Å²) < 4.78 is 2.18. The first kappa shape index (κ1) is 18.0. The highest BCUT2D eigenvalue weighted by Crippen LogP contribution is 2.36. The van der Waals surface area contributed by atoms with Gasteiger partial charge in [0, 0.05) is 17.8 Å². The maximum atomic E-state index is 12.9. The molecule has 0 spiro atoms. The van der Waals surface area contributed by atoms with Crippen LogP contribution in [0.15, 0.2) is 54.6 Å². The lowest BCUT2D eigenvalue weighted by atomic mass is 10.1. The van der Waals surface area contributed by atoms with Gasteiger partial charge in [-0.15, -0.1) is 0 Å². The molecule has 0 unspecified atom stereocenters. The van der Waals surface area contributed by atoms with Gasteiger partial charge in [0.2, 0.25) is 0 Å². The molecule has 28 heavy (non-hydrogen) atoms. The fourth-order valence-electron chi connectivity index (χ4n) is 3.63. The Morgan fingerprint density at radius 2 is 1.79 bits per heavy atom. The highest BCUT2D eigenvalue weighted by Gasteiger charge is 2.23. The van der Waals surface area contributed by atoms with Gasteiger partial charge in [-0.3, -0.25) is 4.79 Å². The topological polar surface area (TPSA) is 62.7 Å². The van der Waals surface area contributed by atoms with E-state index < -0.39 is 0 Å². The van der Waals surface area contributed by atoms with E-state index in [1.807, 2.05) is 54.6 Å². The summed E-state index contributed by atoms with van der Waals surface area (Å²) in [6, 6.07) is 17.3. The summed E-state index contributed by atoms with van der Waals surface area (Å²) in [6.45, 7) is 7.15. The molecule has 0 aliphatic heterocycles. The summed E-state index contributed by atoms with van der Waals surface area (Å²) >= 11 is 0. The van der Waals surface area contributed by atoms with Crippen LogP contribution in [0.3, 0.4) is 0 Å². The van der Waals surface area contributed by atoms with Crippen LogP contribution in [-0.4, -0.2) is 20.4 Å². The number of carbonyl (C=O) groups excluding carboxylic acids is 1. The Balaban J connectivity index is 1.85. The number of fused-ring (bicyclic) bond motifs is 1. The van der Waals surface area contributed by atoms with E-state index in [4.69, 9.17) is 4.98 Å². The molecule has 2 aromatic carbocycles. The normalized spacial score (nSPS) is 11.1. The van der Waals surface area contributed by atoms with Gasteiger partial charge in [0.25, 0.3) is 5.91 Å². The lowest BCUT2D eigenvalue weighted by molar-refractivity contribution is 0.102. The van der Waals surface area contributed by atoms with Crippen molar-refractivity contribution >= 4 is 22.8 Å². The van der Waals surface area contributed by atoms with Crippen LogP contribution in [0.1, 0.15) is 35.0 Å². The third kappa shape index (κ3) is 3.09. The number of H-pyrrole nitrogens is 1. The smallest absolute Gasteiger partial charge is 0.256 e. The largest absolute Gasteiger partial charge is 0.338 e. The molecule has 0 aliphatic carbocycles. The van der Waals surface area contributed by atoms with E-state index in [9.17, 15) is 4.79 Å². The third-order valence-electron chi connectivity index (χ3n) is 5.17. The second-order valence-electron chi connectivity index (χ2n) is 7.01. The van der Waals surface area contributed by atoms with Crippen LogP contribution < -0.4 is 5.32 Å².